The number of hydrogen-bond donors (Lipinski definition) is 4. The summed E-state index contributed by atoms with van der Waals surface area (Å²) in [4.78, 5) is 28.6. The van der Waals surface area contributed by atoms with Crippen LogP contribution in [0.3, 0.4) is 0 Å². The molecule has 2 rings (SSSR count). The monoisotopic (exact) mass is 524 g/mol. The number of rotatable bonds is 9. The lowest BCUT2D eigenvalue weighted by molar-refractivity contribution is 0.0534. The maximum absolute atomic E-state index is 14.0. The predicted molar refractivity (Wildman–Crippen MR) is 142 cm³/mol. The lowest BCUT2D eigenvalue weighted by atomic mass is 9.89. The van der Waals surface area contributed by atoms with Gasteiger partial charge in [0.2, 0.25) is 0 Å². The SMILES string of the molecule is CN/C(C#N)=C(\C(=N)CNC(=O)OC(C)(C)C)c1cnc(N)c(CC(C)c2cc(F)ccc2C(=O)OC)c1. The molecule has 0 fully saturated rings. The third-order valence-corrected chi connectivity index (χ3v) is 5.49. The lowest BCUT2D eigenvalue weighted by Gasteiger charge is -2.20. The molecule has 5 N–H and O–H groups in total. The van der Waals surface area contributed by atoms with Gasteiger partial charge in [0.15, 0.2) is 0 Å². The van der Waals surface area contributed by atoms with Crippen molar-refractivity contribution < 1.29 is 23.5 Å². The van der Waals surface area contributed by atoms with Crippen LogP contribution in [0.15, 0.2) is 36.2 Å². The molecule has 202 valence electrons. The molecule has 1 heterocycles. The zero-order valence-electron chi connectivity index (χ0n) is 22.4. The highest BCUT2D eigenvalue weighted by Gasteiger charge is 2.22. The zero-order chi connectivity index (χ0) is 28.6. The van der Waals surface area contributed by atoms with E-state index in [1.807, 2.05) is 13.0 Å². The molecule has 0 saturated carbocycles. The summed E-state index contributed by atoms with van der Waals surface area (Å²) in [5.74, 6) is -1.24. The fourth-order valence-corrected chi connectivity index (χ4v) is 3.77. The summed E-state index contributed by atoms with van der Waals surface area (Å²) in [7, 11) is 2.79. The number of nitrogens with two attached hydrogens (primary N) is 1. The van der Waals surface area contributed by atoms with Gasteiger partial charge in [0.25, 0.3) is 0 Å². The van der Waals surface area contributed by atoms with Crippen molar-refractivity contribution in [2.24, 2.45) is 0 Å². The van der Waals surface area contributed by atoms with Gasteiger partial charge in [0, 0.05) is 24.4 Å². The Labute approximate surface area is 221 Å². The fourth-order valence-electron chi connectivity index (χ4n) is 3.77. The molecule has 0 aliphatic rings. The van der Waals surface area contributed by atoms with Gasteiger partial charge in [0.1, 0.15) is 29.0 Å². The van der Waals surface area contributed by atoms with Gasteiger partial charge in [-0.2, -0.15) is 5.26 Å². The van der Waals surface area contributed by atoms with Gasteiger partial charge in [-0.15, -0.1) is 0 Å². The van der Waals surface area contributed by atoms with E-state index in [0.29, 0.717) is 16.7 Å². The summed E-state index contributed by atoms with van der Waals surface area (Å²) in [6, 6.07) is 7.55. The number of esters is 1. The Balaban J connectivity index is 2.43. The average Bonchev–Trinajstić information content (AvgIpc) is 2.85. The summed E-state index contributed by atoms with van der Waals surface area (Å²) < 4.78 is 24.1. The largest absolute Gasteiger partial charge is 0.465 e. The number of carbonyl (C=O) groups is 2. The minimum atomic E-state index is -0.713. The molecular formula is C27H33FN6O4. The number of benzene rings is 1. The smallest absolute Gasteiger partial charge is 0.407 e. The van der Waals surface area contributed by atoms with E-state index in [4.69, 9.17) is 20.6 Å². The second kappa shape index (κ2) is 12.7. The number of amides is 1. The molecule has 38 heavy (non-hydrogen) atoms. The topological polar surface area (TPSA) is 163 Å². The third kappa shape index (κ3) is 7.77. The molecule has 0 aliphatic carbocycles. The number of nitriles is 1. The van der Waals surface area contributed by atoms with E-state index < -0.39 is 23.5 Å². The number of nitrogens with one attached hydrogen (secondary N) is 3. The molecule has 1 amide bonds. The number of ether oxygens (including phenoxy) is 2. The number of allylic oxidation sites excluding steroid dienone is 1. The Morgan fingerprint density at radius 1 is 1.29 bits per heavy atom. The third-order valence-electron chi connectivity index (χ3n) is 5.49. The van der Waals surface area contributed by atoms with Crippen LogP contribution in [0, 0.1) is 22.6 Å². The Hall–Kier alpha value is -4.46. The van der Waals surface area contributed by atoms with Crippen LogP contribution >= 0.6 is 0 Å². The number of halogens is 1. The zero-order valence-corrected chi connectivity index (χ0v) is 22.4. The summed E-state index contributed by atoms with van der Waals surface area (Å²) >= 11 is 0. The molecule has 0 radical (unpaired) electrons. The van der Waals surface area contributed by atoms with Crippen LogP contribution < -0.4 is 16.4 Å². The minimum absolute atomic E-state index is 0.0644. The molecule has 0 aliphatic heterocycles. The first kappa shape index (κ1) is 29.8. The van der Waals surface area contributed by atoms with E-state index in [1.54, 1.807) is 33.9 Å². The number of methoxy groups -OCH3 is 1. The Morgan fingerprint density at radius 3 is 2.55 bits per heavy atom. The molecule has 0 bridgehead atoms. The number of pyridine rings is 1. The lowest BCUT2D eigenvalue weighted by Crippen LogP contribution is -2.36. The molecule has 0 saturated heterocycles. The highest BCUT2D eigenvalue weighted by Crippen LogP contribution is 2.29. The number of hydrogen-bond acceptors (Lipinski definition) is 9. The van der Waals surface area contributed by atoms with Crippen molar-refractivity contribution in [2.45, 2.75) is 45.6 Å². The maximum atomic E-state index is 14.0. The van der Waals surface area contributed by atoms with Gasteiger partial charge in [-0.3, -0.25) is 0 Å². The normalized spacial score (nSPS) is 12.5. The standard InChI is InChI=1S/C27H33FN6O4/c1-15(20-11-18(28)7-8-19(20)25(35)37-6)9-16-10-17(13-33-24(16)31)23(22(12-29)32-5)21(30)14-34-26(36)38-27(2,3)4/h7-8,10-11,13,15,30,32H,9,14H2,1-6H3,(H2,31,33)(H,34,36)/b23-22-,30-21?. The van der Waals surface area contributed by atoms with Crippen LogP contribution in [0.4, 0.5) is 15.0 Å². The number of anilines is 1. The molecule has 11 heteroatoms. The quantitative estimate of drug-likeness (QED) is 0.218. The first-order valence-corrected chi connectivity index (χ1v) is 11.8. The highest BCUT2D eigenvalue weighted by atomic mass is 19.1. The van der Waals surface area contributed by atoms with Crippen LogP contribution in [0.2, 0.25) is 0 Å². The molecule has 1 aromatic carbocycles. The number of nitrogens with zero attached hydrogens (tertiary/aromatic N) is 2. The highest BCUT2D eigenvalue weighted by molar-refractivity contribution is 6.25. The molecule has 1 aromatic heterocycles. The number of aromatic nitrogens is 1. The Morgan fingerprint density at radius 2 is 1.97 bits per heavy atom. The van der Waals surface area contributed by atoms with Gasteiger partial charge >= 0.3 is 12.1 Å². The van der Waals surface area contributed by atoms with E-state index in [1.165, 1.54) is 31.5 Å². The molecule has 1 atom stereocenters. The second-order valence-corrected chi connectivity index (χ2v) is 9.54. The predicted octanol–water partition coefficient (Wildman–Crippen LogP) is 3.93. The maximum Gasteiger partial charge on any atom is 0.407 e. The minimum Gasteiger partial charge on any atom is -0.465 e. The van der Waals surface area contributed by atoms with Gasteiger partial charge < -0.3 is 31.3 Å². The van der Waals surface area contributed by atoms with Crippen LogP contribution in [0.25, 0.3) is 5.57 Å². The van der Waals surface area contributed by atoms with Crippen LogP contribution in [-0.2, 0) is 15.9 Å². The summed E-state index contributed by atoms with van der Waals surface area (Å²) in [5.41, 5.74) is 7.33. The summed E-state index contributed by atoms with van der Waals surface area (Å²) in [6.07, 6.45) is 1.00. The number of alkyl carbamates (subject to hydrolysis) is 1. The van der Waals surface area contributed by atoms with Gasteiger partial charge in [-0.25, -0.2) is 19.0 Å². The van der Waals surface area contributed by atoms with Crippen molar-refractivity contribution in [3.05, 3.63) is 64.2 Å². The first-order chi connectivity index (χ1) is 17.8. The first-order valence-electron chi connectivity index (χ1n) is 11.8. The molecular weight excluding hydrogens is 491 g/mol. The van der Waals surface area contributed by atoms with Crippen molar-refractivity contribution in [1.29, 1.82) is 10.7 Å². The van der Waals surface area contributed by atoms with Crippen molar-refractivity contribution in [1.82, 2.24) is 15.6 Å². The Kier molecular flexibility index (Phi) is 9.93. The molecule has 1 unspecified atom stereocenters. The Bertz CT molecular complexity index is 1290. The van der Waals surface area contributed by atoms with Crippen molar-refractivity contribution in [3.8, 4) is 6.07 Å². The summed E-state index contributed by atoms with van der Waals surface area (Å²) in [6.45, 7) is 6.76. The second-order valence-electron chi connectivity index (χ2n) is 9.54. The van der Waals surface area contributed by atoms with Crippen molar-refractivity contribution in [3.63, 3.8) is 0 Å². The van der Waals surface area contributed by atoms with Crippen LogP contribution in [0.1, 0.15) is 60.7 Å². The van der Waals surface area contributed by atoms with Crippen LogP contribution in [-0.4, -0.2) is 49.1 Å². The molecule has 0 spiro atoms. The fraction of sp³-hybridized carbons (Fsp3) is 0.370. The van der Waals surface area contributed by atoms with E-state index >= 15 is 0 Å². The average molecular weight is 525 g/mol. The van der Waals surface area contributed by atoms with E-state index in [-0.39, 0.29) is 47.2 Å². The molecule has 2 aromatic rings. The number of nitrogen functional groups attached to an aromatic ring is 1. The van der Waals surface area contributed by atoms with E-state index in [9.17, 15) is 19.2 Å². The van der Waals surface area contributed by atoms with Gasteiger partial charge in [0.05, 0.1) is 24.9 Å². The van der Waals surface area contributed by atoms with Crippen LogP contribution in [0.5, 0.6) is 0 Å². The van der Waals surface area contributed by atoms with Gasteiger partial charge in [-0.05, 0) is 68.5 Å². The summed E-state index contributed by atoms with van der Waals surface area (Å²) in [5, 5.41) is 23.6. The van der Waals surface area contributed by atoms with E-state index in [2.05, 4.69) is 15.6 Å². The van der Waals surface area contributed by atoms with E-state index in [0.717, 1.165) is 0 Å². The van der Waals surface area contributed by atoms with Gasteiger partial charge in [-0.1, -0.05) is 6.92 Å². The number of carbonyl (C=O) groups excluding carboxylic acids is 2. The van der Waals surface area contributed by atoms with Crippen molar-refractivity contribution in [2.75, 3.05) is 26.4 Å². The van der Waals surface area contributed by atoms with Crippen molar-refractivity contribution >= 4 is 29.2 Å². The molecule has 10 nitrogen and oxygen atoms in total.